The lowest BCUT2D eigenvalue weighted by Gasteiger charge is -2.08. The standard InChI is InChI=1S/C13H8Cl2N4OS/c14-8-5-9(15)11-12(19-21-18-11)10(8)17-13(20)6-1-3-7(16)4-2-6/h1-5H,16H2,(H,17,20). The van der Waals surface area contributed by atoms with Crippen LogP contribution in [-0.2, 0) is 0 Å². The summed E-state index contributed by atoms with van der Waals surface area (Å²) >= 11 is 13.2. The van der Waals surface area contributed by atoms with E-state index in [-0.39, 0.29) is 5.91 Å². The highest BCUT2D eigenvalue weighted by molar-refractivity contribution is 7.00. The number of nitrogens with zero attached hydrogens (tertiary/aromatic N) is 2. The van der Waals surface area contributed by atoms with Gasteiger partial charge in [0.25, 0.3) is 5.91 Å². The molecule has 0 bridgehead atoms. The van der Waals surface area contributed by atoms with E-state index in [4.69, 9.17) is 28.9 Å². The summed E-state index contributed by atoms with van der Waals surface area (Å²) in [7, 11) is 0. The lowest BCUT2D eigenvalue weighted by atomic mass is 10.2. The van der Waals surface area contributed by atoms with Gasteiger partial charge in [-0.15, -0.1) is 0 Å². The van der Waals surface area contributed by atoms with E-state index in [9.17, 15) is 4.79 Å². The van der Waals surface area contributed by atoms with Crippen molar-refractivity contribution in [1.82, 2.24) is 8.75 Å². The zero-order valence-corrected chi connectivity index (χ0v) is 12.8. The van der Waals surface area contributed by atoms with Crippen molar-refractivity contribution in [1.29, 1.82) is 0 Å². The summed E-state index contributed by atoms with van der Waals surface area (Å²) in [5, 5.41) is 3.44. The Bertz CT molecular complexity index is 832. The third-order valence-corrected chi connectivity index (χ3v) is 3.97. The van der Waals surface area contributed by atoms with Gasteiger partial charge in [-0.25, -0.2) is 0 Å². The van der Waals surface area contributed by atoms with Crippen LogP contribution in [0.2, 0.25) is 10.0 Å². The highest BCUT2D eigenvalue weighted by Gasteiger charge is 2.16. The summed E-state index contributed by atoms with van der Waals surface area (Å²) in [6.07, 6.45) is 0. The van der Waals surface area contributed by atoms with E-state index in [0.29, 0.717) is 38.0 Å². The van der Waals surface area contributed by atoms with Crippen LogP contribution in [0.15, 0.2) is 30.3 Å². The Kier molecular flexibility index (Phi) is 3.67. The number of benzene rings is 2. The summed E-state index contributed by atoms with van der Waals surface area (Å²) in [4.78, 5) is 12.2. The molecule has 0 spiro atoms. The van der Waals surface area contributed by atoms with Crippen LogP contribution in [0, 0.1) is 0 Å². The fraction of sp³-hybridized carbons (Fsp3) is 0. The smallest absolute Gasteiger partial charge is 0.255 e. The van der Waals surface area contributed by atoms with Gasteiger partial charge in [-0.3, -0.25) is 4.79 Å². The Morgan fingerprint density at radius 3 is 2.48 bits per heavy atom. The van der Waals surface area contributed by atoms with Crippen LogP contribution >= 0.6 is 34.9 Å². The molecule has 0 saturated heterocycles. The van der Waals surface area contributed by atoms with E-state index in [1.54, 1.807) is 24.3 Å². The largest absolute Gasteiger partial charge is 0.399 e. The first kappa shape index (κ1) is 14.1. The van der Waals surface area contributed by atoms with Crippen LogP contribution in [0.3, 0.4) is 0 Å². The molecule has 1 amide bonds. The summed E-state index contributed by atoms with van der Waals surface area (Å²) in [5.74, 6) is -0.312. The number of rotatable bonds is 2. The van der Waals surface area contributed by atoms with Crippen LogP contribution in [0.4, 0.5) is 11.4 Å². The number of nitrogen functional groups attached to an aromatic ring is 1. The van der Waals surface area contributed by atoms with Crippen molar-refractivity contribution in [3.8, 4) is 0 Å². The van der Waals surface area contributed by atoms with Gasteiger partial charge >= 0.3 is 0 Å². The number of carbonyl (C=O) groups is 1. The van der Waals surface area contributed by atoms with Gasteiger partial charge in [-0.2, -0.15) is 8.75 Å². The minimum Gasteiger partial charge on any atom is -0.399 e. The highest BCUT2D eigenvalue weighted by Crippen LogP contribution is 2.35. The molecule has 0 radical (unpaired) electrons. The maximum absolute atomic E-state index is 12.2. The molecule has 5 nitrogen and oxygen atoms in total. The number of aromatic nitrogens is 2. The zero-order valence-electron chi connectivity index (χ0n) is 10.4. The average Bonchev–Trinajstić information content (AvgIpc) is 2.93. The summed E-state index contributed by atoms with van der Waals surface area (Å²) < 4.78 is 8.21. The molecule has 2 aromatic carbocycles. The molecule has 0 aliphatic heterocycles. The molecule has 21 heavy (non-hydrogen) atoms. The number of carbonyl (C=O) groups excluding carboxylic acids is 1. The number of nitrogens with two attached hydrogens (primary N) is 1. The second-order valence-corrected chi connectivity index (χ2v) is 5.60. The molecule has 0 unspecified atom stereocenters. The summed E-state index contributed by atoms with van der Waals surface area (Å²) in [6, 6.07) is 8.10. The van der Waals surface area contributed by atoms with Crippen molar-refractivity contribution >= 4 is 63.2 Å². The van der Waals surface area contributed by atoms with Crippen LogP contribution in [0.25, 0.3) is 11.0 Å². The molecule has 3 aromatic rings. The first-order valence-electron chi connectivity index (χ1n) is 5.83. The molecular formula is C13H8Cl2N4OS. The predicted molar refractivity (Wildman–Crippen MR) is 86.2 cm³/mol. The number of amides is 1. The lowest BCUT2D eigenvalue weighted by molar-refractivity contribution is 0.102. The topological polar surface area (TPSA) is 80.9 Å². The fourth-order valence-corrected chi connectivity index (χ4v) is 2.97. The predicted octanol–water partition coefficient (Wildman–Crippen LogP) is 3.83. The Balaban J connectivity index is 2.00. The Labute approximate surface area is 134 Å². The van der Waals surface area contributed by atoms with Gasteiger partial charge in [0.05, 0.1) is 27.5 Å². The lowest BCUT2D eigenvalue weighted by Crippen LogP contribution is -2.12. The number of halogens is 2. The Morgan fingerprint density at radius 2 is 1.76 bits per heavy atom. The number of anilines is 2. The van der Waals surface area contributed by atoms with Crippen molar-refractivity contribution < 1.29 is 4.79 Å². The molecule has 0 aliphatic rings. The molecule has 3 N–H and O–H groups in total. The van der Waals surface area contributed by atoms with Gasteiger partial charge < -0.3 is 11.1 Å². The molecule has 1 aromatic heterocycles. The molecule has 1 heterocycles. The van der Waals surface area contributed by atoms with Crippen LogP contribution in [0.5, 0.6) is 0 Å². The minimum absolute atomic E-state index is 0.309. The maximum atomic E-state index is 12.2. The first-order chi connectivity index (χ1) is 10.1. The van der Waals surface area contributed by atoms with Crippen molar-refractivity contribution in [3.05, 3.63) is 45.9 Å². The van der Waals surface area contributed by atoms with E-state index < -0.39 is 0 Å². The molecule has 0 saturated carbocycles. The van der Waals surface area contributed by atoms with Gasteiger partial charge in [0, 0.05) is 11.3 Å². The zero-order chi connectivity index (χ0) is 15.0. The van der Waals surface area contributed by atoms with Gasteiger partial charge in [0.1, 0.15) is 11.0 Å². The average molecular weight is 339 g/mol. The quantitative estimate of drug-likeness (QED) is 0.695. The third kappa shape index (κ3) is 2.65. The van der Waals surface area contributed by atoms with Gasteiger partial charge in [0.2, 0.25) is 0 Å². The molecule has 106 valence electrons. The number of hydrogen-bond donors (Lipinski definition) is 2. The van der Waals surface area contributed by atoms with E-state index in [0.717, 1.165) is 11.7 Å². The van der Waals surface area contributed by atoms with Gasteiger partial charge in [-0.1, -0.05) is 23.2 Å². The molecule has 0 atom stereocenters. The monoisotopic (exact) mass is 338 g/mol. The molecule has 0 fully saturated rings. The second kappa shape index (κ2) is 5.48. The Hall–Kier alpha value is -1.89. The molecular weight excluding hydrogens is 331 g/mol. The molecule has 0 aliphatic carbocycles. The fourth-order valence-electron chi connectivity index (χ4n) is 1.81. The van der Waals surface area contributed by atoms with Gasteiger partial charge in [0.15, 0.2) is 0 Å². The van der Waals surface area contributed by atoms with Gasteiger partial charge in [-0.05, 0) is 30.3 Å². The van der Waals surface area contributed by atoms with Crippen molar-refractivity contribution in [3.63, 3.8) is 0 Å². The van der Waals surface area contributed by atoms with E-state index >= 15 is 0 Å². The molecule has 8 heteroatoms. The van der Waals surface area contributed by atoms with Crippen LogP contribution < -0.4 is 11.1 Å². The normalized spacial score (nSPS) is 10.8. The maximum Gasteiger partial charge on any atom is 0.255 e. The van der Waals surface area contributed by atoms with Crippen LogP contribution in [0.1, 0.15) is 10.4 Å². The van der Waals surface area contributed by atoms with Crippen molar-refractivity contribution in [2.45, 2.75) is 0 Å². The first-order valence-corrected chi connectivity index (χ1v) is 7.32. The number of fused-ring (bicyclic) bond motifs is 1. The van der Waals surface area contributed by atoms with E-state index in [1.807, 2.05) is 0 Å². The van der Waals surface area contributed by atoms with E-state index in [1.165, 1.54) is 6.07 Å². The van der Waals surface area contributed by atoms with Crippen LogP contribution in [-0.4, -0.2) is 14.7 Å². The van der Waals surface area contributed by atoms with E-state index in [2.05, 4.69) is 14.1 Å². The molecule has 3 rings (SSSR count). The third-order valence-electron chi connectivity index (χ3n) is 2.86. The summed E-state index contributed by atoms with van der Waals surface area (Å²) in [5.41, 5.74) is 8.03. The summed E-state index contributed by atoms with van der Waals surface area (Å²) in [6.45, 7) is 0. The highest BCUT2D eigenvalue weighted by atomic mass is 35.5. The minimum atomic E-state index is -0.312. The second-order valence-electron chi connectivity index (χ2n) is 4.25. The Morgan fingerprint density at radius 1 is 1.10 bits per heavy atom. The van der Waals surface area contributed by atoms with Crippen molar-refractivity contribution in [2.75, 3.05) is 11.1 Å². The SMILES string of the molecule is Nc1ccc(C(=O)Nc2c(Cl)cc(Cl)c3nsnc23)cc1. The number of hydrogen-bond acceptors (Lipinski definition) is 5. The number of nitrogens with one attached hydrogen (secondary N) is 1. The van der Waals surface area contributed by atoms with Crippen molar-refractivity contribution in [2.24, 2.45) is 0 Å².